The molecular weight excluding hydrogens is 307 g/mol. The van der Waals surface area contributed by atoms with E-state index < -0.39 is 11.7 Å². The number of rotatable bonds is 4. The minimum Gasteiger partial charge on any atom is -0.320 e. The molecule has 3 rings (SSSR count). The molecule has 0 fully saturated rings. The molecule has 0 bridgehead atoms. The zero-order valence-corrected chi connectivity index (χ0v) is 13.5. The van der Waals surface area contributed by atoms with E-state index in [9.17, 15) is 9.18 Å². The lowest BCUT2D eigenvalue weighted by Crippen LogP contribution is -2.14. The Hall–Kier alpha value is -3.02. The van der Waals surface area contributed by atoms with Gasteiger partial charge in [0.1, 0.15) is 5.82 Å². The van der Waals surface area contributed by atoms with Gasteiger partial charge in [-0.15, -0.1) is 5.10 Å². The van der Waals surface area contributed by atoms with Gasteiger partial charge in [0.2, 0.25) is 0 Å². The number of aromatic nitrogens is 3. The van der Waals surface area contributed by atoms with E-state index in [0.717, 1.165) is 12.1 Å². The van der Waals surface area contributed by atoms with Gasteiger partial charge in [0.25, 0.3) is 5.91 Å². The molecule has 1 aromatic heterocycles. The van der Waals surface area contributed by atoms with E-state index in [1.54, 1.807) is 17.7 Å². The third-order valence-electron chi connectivity index (χ3n) is 3.76. The number of nitrogens with one attached hydrogen (secondary N) is 1. The smallest absolute Gasteiger partial charge is 0.278 e. The van der Waals surface area contributed by atoms with E-state index in [-0.39, 0.29) is 5.69 Å². The van der Waals surface area contributed by atoms with Gasteiger partial charge in [0, 0.05) is 5.69 Å². The zero-order chi connectivity index (χ0) is 17.1. The first-order valence-electron chi connectivity index (χ1n) is 7.67. The van der Waals surface area contributed by atoms with Crippen LogP contribution in [0, 0.1) is 12.7 Å². The summed E-state index contributed by atoms with van der Waals surface area (Å²) < 4.78 is 14.8. The van der Waals surface area contributed by atoms with E-state index in [0.29, 0.717) is 11.4 Å². The van der Waals surface area contributed by atoms with Crippen LogP contribution in [0.15, 0.2) is 48.5 Å². The van der Waals surface area contributed by atoms with Gasteiger partial charge < -0.3 is 5.32 Å². The van der Waals surface area contributed by atoms with Crippen LogP contribution in [0.1, 0.15) is 28.7 Å². The molecular formula is C18H17FN4O. The SMILES string of the molecule is CCc1cccc(-n2nnc(C(=O)Nc3cccc(F)c3)c2C)c1. The molecule has 5 nitrogen and oxygen atoms in total. The molecule has 0 aliphatic rings. The lowest BCUT2D eigenvalue weighted by atomic mass is 10.1. The van der Waals surface area contributed by atoms with Crippen molar-refractivity contribution in [3.63, 3.8) is 0 Å². The van der Waals surface area contributed by atoms with Crippen molar-refractivity contribution in [1.29, 1.82) is 0 Å². The third kappa shape index (κ3) is 3.17. The summed E-state index contributed by atoms with van der Waals surface area (Å²) in [5.41, 5.74) is 3.23. The van der Waals surface area contributed by atoms with E-state index in [1.807, 2.05) is 24.3 Å². The fourth-order valence-electron chi connectivity index (χ4n) is 2.45. The average molecular weight is 324 g/mol. The number of aryl methyl sites for hydroxylation is 1. The van der Waals surface area contributed by atoms with E-state index >= 15 is 0 Å². The first-order valence-corrected chi connectivity index (χ1v) is 7.67. The van der Waals surface area contributed by atoms with Gasteiger partial charge in [0.05, 0.1) is 11.4 Å². The van der Waals surface area contributed by atoms with Crippen molar-refractivity contribution < 1.29 is 9.18 Å². The van der Waals surface area contributed by atoms with Crippen LogP contribution in [0.5, 0.6) is 0 Å². The predicted octanol–water partition coefficient (Wildman–Crippen LogP) is 3.53. The number of hydrogen-bond acceptors (Lipinski definition) is 3. The quantitative estimate of drug-likeness (QED) is 0.798. The predicted molar refractivity (Wildman–Crippen MR) is 89.8 cm³/mol. The minimum absolute atomic E-state index is 0.209. The van der Waals surface area contributed by atoms with E-state index in [4.69, 9.17) is 0 Å². The molecule has 0 saturated carbocycles. The molecule has 0 spiro atoms. The van der Waals surface area contributed by atoms with Crippen molar-refractivity contribution in [2.45, 2.75) is 20.3 Å². The normalized spacial score (nSPS) is 10.6. The number of carbonyl (C=O) groups is 1. The van der Waals surface area contributed by atoms with Gasteiger partial charge in [-0.3, -0.25) is 4.79 Å². The summed E-state index contributed by atoms with van der Waals surface area (Å²) >= 11 is 0. The Morgan fingerprint density at radius 2 is 2.00 bits per heavy atom. The Morgan fingerprint density at radius 1 is 1.21 bits per heavy atom. The molecule has 2 aromatic carbocycles. The Kier molecular flexibility index (Phi) is 4.37. The highest BCUT2D eigenvalue weighted by atomic mass is 19.1. The van der Waals surface area contributed by atoms with E-state index in [1.165, 1.54) is 23.8 Å². The average Bonchev–Trinajstić information content (AvgIpc) is 2.96. The van der Waals surface area contributed by atoms with Crippen molar-refractivity contribution in [3.8, 4) is 5.69 Å². The maximum Gasteiger partial charge on any atom is 0.278 e. The second-order valence-electron chi connectivity index (χ2n) is 5.42. The molecule has 0 unspecified atom stereocenters. The number of hydrogen-bond donors (Lipinski definition) is 1. The molecule has 0 aliphatic heterocycles. The summed E-state index contributed by atoms with van der Waals surface area (Å²) in [7, 11) is 0. The van der Waals surface area contributed by atoms with Crippen molar-refractivity contribution in [1.82, 2.24) is 15.0 Å². The second-order valence-corrected chi connectivity index (χ2v) is 5.42. The lowest BCUT2D eigenvalue weighted by molar-refractivity contribution is 0.102. The first kappa shape index (κ1) is 15.9. The van der Waals surface area contributed by atoms with Crippen LogP contribution in [-0.4, -0.2) is 20.9 Å². The summed E-state index contributed by atoms with van der Waals surface area (Å²) in [6, 6.07) is 13.6. The molecule has 1 amide bonds. The van der Waals surface area contributed by atoms with Crippen molar-refractivity contribution >= 4 is 11.6 Å². The number of anilines is 1. The number of nitrogens with zero attached hydrogens (tertiary/aromatic N) is 3. The Bertz CT molecular complexity index is 888. The number of carbonyl (C=O) groups excluding carboxylic acids is 1. The maximum absolute atomic E-state index is 13.2. The van der Waals surface area contributed by atoms with Crippen LogP contribution in [0.25, 0.3) is 5.69 Å². The highest BCUT2D eigenvalue weighted by Gasteiger charge is 2.17. The van der Waals surface area contributed by atoms with Gasteiger partial charge in [-0.1, -0.05) is 30.3 Å². The van der Waals surface area contributed by atoms with Crippen molar-refractivity contribution in [2.24, 2.45) is 0 Å². The molecule has 3 aromatic rings. The van der Waals surface area contributed by atoms with Crippen LogP contribution in [0.3, 0.4) is 0 Å². The van der Waals surface area contributed by atoms with Gasteiger partial charge >= 0.3 is 0 Å². The minimum atomic E-state index is -0.420. The molecule has 122 valence electrons. The summed E-state index contributed by atoms with van der Waals surface area (Å²) in [4.78, 5) is 12.4. The van der Waals surface area contributed by atoms with Gasteiger partial charge in [-0.25, -0.2) is 9.07 Å². The number of amides is 1. The molecule has 0 saturated heterocycles. The molecule has 6 heteroatoms. The summed E-state index contributed by atoms with van der Waals surface area (Å²) in [6.45, 7) is 3.85. The molecule has 1 heterocycles. The zero-order valence-electron chi connectivity index (χ0n) is 13.5. The first-order chi connectivity index (χ1) is 11.6. The Morgan fingerprint density at radius 3 is 2.75 bits per heavy atom. The Balaban J connectivity index is 1.87. The Labute approximate surface area is 139 Å². The molecule has 0 aliphatic carbocycles. The number of halogens is 1. The fourth-order valence-corrected chi connectivity index (χ4v) is 2.45. The highest BCUT2D eigenvalue weighted by Crippen LogP contribution is 2.16. The summed E-state index contributed by atoms with van der Waals surface area (Å²) in [6.07, 6.45) is 0.911. The standard InChI is InChI=1S/C18H17FN4O/c1-3-13-6-4-9-16(10-13)23-12(2)17(21-22-23)18(24)20-15-8-5-7-14(19)11-15/h4-11H,3H2,1-2H3,(H,20,24). The lowest BCUT2D eigenvalue weighted by Gasteiger charge is -2.06. The van der Waals surface area contributed by atoms with Crippen molar-refractivity contribution in [3.05, 3.63) is 71.3 Å². The van der Waals surface area contributed by atoms with Gasteiger partial charge in [0.15, 0.2) is 5.69 Å². The largest absolute Gasteiger partial charge is 0.320 e. The number of benzene rings is 2. The monoisotopic (exact) mass is 324 g/mol. The van der Waals surface area contributed by atoms with Crippen LogP contribution in [-0.2, 0) is 6.42 Å². The van der Waals surface area contributed by atoms with Crippen LogP contribution in [0.4, 0.5) is 10.1 Å². The molecule has 1 N–H and O–H groups in total. The van der Waals surface area contributed by atoms with Gasteiger partial charge in [-0.05, 0) is 49.2 Å². The topological polar surface area (TPSA) is 59.8 Å². The third-order valence-corrected chi connectivity index (χ3v) is 3.76. The molecule has 0 atom stereocenters. The maximum atomic E-state index is 13.2. The molecule has 24 heavy (non-hydrogen) atoms. The van der Waals surface area contributed by atoms with Crippen LogP contribution in [0.2, 0.25) is 0 Å². The fraction of sp³-hybridized carbons (Fsp3) is 0.167. The van der Waals surface area contributed by atoms with Gasteiger partial charge in [-0.2, -0.15) is 0 Å². The van der Waals surface area contributed by atoms with Crippen molar-refractivity contribution in [2.75, 3.05) is 5.32 Å². The van der Waals surface area contributed by atoms with Crippen LogP contribution >= 0.6 is 0 Å². The highest BCUT2D eigenvalue weighted by molar-refractivity contribution is 6.03. The summed E-state index contributed by atoms with van der Waals surface area (Å²) in [5, 5.41) is 10.7. The van der Waals surface area contributed by atoms with Crippen LogP contribution < -0.4 is 5.32 Å². The van der Waals surface area contributed by atoms with E-state index in [2.05, 4.69) is 22.6 Å². The molecule has 0 radical (unpaired) electrons. The summed E-state index contributed by atoms with van der Waals surface area (Å²) in [5.74, 6) is -0.833. The second kappa shape index (κ2) is 6.62.